The molecule has 0 aliphatic heterocycles. The SMILES string of the molecule is CN(Cc1ccccc1)c1ccnc(Br)c1. The van der Waals surface area contributed by atoms with Gasteiger partial charge in [-0.25, -0.2) is 4.98 Å². The molecule has 0 radical (unpaired) electrons. The first-order chi connectivity index (χ1) is 7.75. The topological polar surface area (TPSA) is 16.1 Å². The van der Waals surface area contributed by atoms with E-state index in [-0.39, 0.29) is 0 Å². The zero-order valence-corrected chi connectivity index (χ0v) is 10.7. The zero-order valence-electron chi connectivity index (χ0n) is 9.10. The van der Waals surface area contributed by atoms with Crippen LogP contribution < -0.4 is 4.90 Å². The van der Waals surface area contributed by atoms with Crippen LogP contribution in [0, 0.1) is 0 Å². The summed E-state index contributed by atoms with van der Waals surface area (Å²) < 4.78 is 0.866. The number of aromatic nitrogens is 1. The molecule has 1 aromatic heterocycles. The molecule has 0 N–H and O–H groups in total. The monoisotopic (exact) mass is 276 g/mol. The molecule has 0 aliphatic carbocycles. The zero-order chi connectivity index (χ0) is 11.4. The highest BCUT2D eigenvalue weighted by molar-refractivity contribution is 9.10. The molecule has 2 rings (SSSR count). The Morgan fingerprint density at radius 1 is 1.19 bits per heavy atom. The van der Waals surface area contributed by atoms with Gasteiger partial charge in [0.05, 0.1) is 0 Å². The third kappa shape index (κ3) is 2.83. The lowest BCUT2D eigenvalue weighted by Crippen LogP contribution is -2.16. The summed E-state index contributed by atoms with van der Waals surface area (Å²) in [6.07, 6.45) is 1.81. The van der Waals surface area contributed by atoms with Crippen LogP contribution in [0.3, 0.4) is 0 Å². The maximum atomic E-state index is 4.12. The van der Waals surface area contributed by atoms with Crippen LogP contribution in [0.5, 0.6) is 0 Å². The van der Waals surface area contributed by atoms with E-state index in [2.05, 4.69) is 57.1 Å². The fraction of sp³-hybridized carbons (Fsp3) is 0.154. The second-order valence-electron chi connectivity index (χ2n) is 3.68. The molecule has 2 nitrogen and oxygen atoms in total. The molecule has 3 heteroatoms. The van der Waals surface area contributed by atoms with E-state index in [9.17, 15) is 0 Å². The van der Waals surface area contributed by atoms with Gasteiger partial charge in [-0.1, -0.05) is 30.3 Å². The van der Waals surface area contributed by atoms with Gasteiger partial charge in [0.1, 0.15) is 4.60 Å². The van der Waals surface area contributed by atoms with E-state index in [0.717, 1.165) is 16.8 Å². The lowest BCUT2D eigenvalue weighted by Gasteiger charge is -2.19. The number of rotatable bonds is 3. The fourth-order valence-corrected chi connectivity index (χ4v) is 1.93. The van der Waals surface area contributed by atoms with Crippen molar-refractivity contribution in [1.29, 1.82) is 0 Å². The first-order valence-electron chi connectivity index (χ1n) is 5.12. The molecular formula is C13H13BrN2. The van der Waals surface area contributed by atoms with Gasteiger partial charge in [0.15, 0.2) is 0 Å². The van der Waals surface area contributed by atoms with Crippen molar-refractivity contribution in [3.8, 4) is 0 Å². The molecule has 0 unspecified atom stereocenters. The number of pyridine rings is 1. The Hall–Kier alpha value is -1.35. The standard InChI is InChI=1S/C13H13BrN2/c1-16(10-11-5-3-2-4-6-11)12-7-8-15-13(14)9-12/h2-9H,10H2,1H3. The second kappa shape index (κ2) is 5.12. The normalized spacial score (nSPS) is 10.1. The van der Waals surface area contributed by atoms with Gasteiger partial charge in [0.2, 0.25) is 0 Å². The van der Waals surface area contributed by atoms with E-state index in [1.807, 2.05) is 18.2 Å². The summed E-state index contributed by atoms with van der Waals surface area (Å²) in [4.78, 5) is 6.32. The van der Waals surface area contributed by atoms with Gasteiger partial charge < -0.3 is 4.90 Å². The number of halogens is 1. The van der Waals surface area contributed by atoms with Crippen LogP contribution in [0.1, 0.15) is 5.56 Å². The molecule has 2 aromatic rings. The minimum atomic E-state index is 0.866. The highest BCUT2D eigenvalue weighted by Crippen LogP contribution is 2.18. The molecule has 0 aliphatic rings. The smallest absolute Gasteiger partial charge is 0.108 e. The fourth-order valence-electron chi connectivity index (χ4n) is 1.58. The van der Waals surface area contributed by atoms with Crippen LogP contribution in [-0.2, 0) is 6.54 Å². The Balaban J connectivity index is 2.12. The molecule has 0 spiro atoms. The van der Waals surface area contributed by atoms with Crippen LogP contribution >= 0.6 is 15.9 Å². The quantitative estimate of drug-likeness (QED) is 0.798. The summed E-state index contributed by atoms with van der Waals surface area (Å²) in [6, 6.07) is 14.4. The van der Waals surface area contributed by atoms with Crippen molar-refractivity contribution in [2.75, 3.05) is 11.9 Å². The highest BCUT2D eigenvalue weighted by atomic mass is 79.9. The predicted molar refractivity (Wildman–Crippen MR) is 70.5 cm³/mol. The summed E-state index contributed by atoms with van der Waals surface area (Å²) in [5.41, 5.74) is 2.46. The summed E-state index contributed by atoms with van der Waals surface area (Å²) in [6.45, 7) is 0.900. The Kier molecular flexibility index (Phi) is 3.57. The summed E-state index contributed by atoms with van der Waals surface area (Å²) in [5.74, 6) is 0. The van der Waals surface area contributed by atoms with Gasteiger partial charge in [-0.2, -0.15) is 0 Å². The maximum absolute atomic E-state index is 4.12. The van der Waals surface area contributed by atoms with Gasteiger partial charge in [-0.15, -0.1) is 0 Å². The van der Waals surface area contributed by atoms with Crippen molar-refractivity contribution in [2.24, 2.45) is 0 Å². The van der Waals surface area contributed by atoms with Crippen molar-refractivity contribution in [3.63, 3.8) is 0 Å². The predicted octanol–water partition coefficient (Wildman–Crippen LogP) is 3.48. The van der Waals surface area contributed by atoms with Crippen LogP contribution in [-0.4, -0.2) is 12.0 Å². The van der Waals surface area contributed by atoms with Crippen molar-refractivity contribution in [3.05, 3.63) is 58.8 Å². The molecule has 1 aromatic carbocycles. The molecule has 0 amide bonds. The largest absolute Gasteiger partial charge is 0.370 e. The van der Waals surface area contributed by atoms with E-state index >= 15 is 0 Å². The van der Waals surface area contributed by atoms with Gasteiger partial charge >= 0.3 is 0 Å². The van der Waals surface area contributed by atoms with E-state index in [1.165, 1.54) is 5.56 Å². The minimum Gasteiger partial charge on any atom is -0.370 e. The molecule has 0 saturated carbocycles. The third-order valence-electron chi connectivity index (χ3n) is 2.41. The molecule has 0 fully saturated rings. The number of hydrogen-bond acceptors (Lipinski definition) is 2. The van der Waals surface area contributed by atoms with Crippen LogP contribution in [0.15, 0.2) is 53.3 Å². The third-order valence-corrected chi connectivity index (χ3v) is 2.85. The van der Waals surface area contributed by atoms with Crippen molar-refractivity contribution < 1.29 is 0 Å². The average molecular weight is 277 g/mol. The molecule has 0 bridgehead atoms. The lowest BCUT2D eigenvalue weighted by molar-refractivity contribution is 0.919. The molecule has 1 heterocycles. The van der Waals surface area contributed by atoms with E-state index in [4.69, 9.17) is 0 Å². The first-order valence-corrected chi connectivity index (χ1v) is 5.91. The average Bonchev–Trinajstić information content (AvgIpc) is 2.30. The van der Waals surface area contributed by atoms with Crippen LogP contribution in [0.4, 0.5) is 5.69 Å². The number of nitrogens with zero attached hydrogens (tertiary/aromatic N) is 2. The van der Waals surface area contributed by atoms with Gasteiger partial charge in [-0.3, -0.25) is 0 Å². The summed E-state index contributed by atoms with van der Waals surface area (Å²) in [7, 11) is 2.08. The highest BCUT2D eigenvalue weighted by Gasteiger charge is 2.02. The van der Waals surface area contributed by atoms with Crippen molar-refractivity contribution in [2.45, 2.75) is 6.54 Å². The van der Waals surface area contributed by atoms with E-state index in [1.54, 1.807) is 6.20 Å². The first kappa shape index (κ1) is 11.1. The Bertz CT molecular complexity index is 456. The molecule has 82 valence electrons. The Morgan fingerprint density at radius 3 is 2.62 bits per heavy atom. The summed E-state index contributed by atoms with van der Waals surface area (Å²) in [5, 5.41) is 0. The summed E-state index contributed by atoms with van der Waals surface area (Å²) >= 11 is 3.38. The molecule has 0 saturated heterocycles. The molecular weight excluding hydrogens is 264 g/mol. The Labute approximate surface area is 104 Å². The van der Waals surface area contributed by atoms with Gasteiger partial charge in [0, 0.05) is 25.5 Å². The minimum absolute atomic E-state index is 0.866. The van der Waals surface area contributed by atoms with Crippen LogP contribution in [0.25, 0.3) is 0 Å². The molecule has 0 atom stereocenters. The van der Waals surface area contributed by atoms with Crippen LogP contribution in [0.2, 0.25) is 0 Å². The lowest BCUT2D eigenvalue weighted by atomic mass is 10.2. The van der Waals surface area contributed by atoms with E-state index < -0.39 is 0 Å². The maximum Gasteiger partial charge on any atom is 0.108 e. The van der Waals surface area contributed by atoms with Gasteiger partial charge in [-0.05, 0) is 33.6 Å². The number of anilines is 1. The van der Waals surface area contributed by atoms with Gasteiger partial charge in [0.25, 0.3) is 0 Å². The van der Waals surface area contributed by atoms with E-state index in [0.29, 0.717) is 0 Å². The molecule has 16 heavy (non-hydrogen) atoms. The second-order valence-corrected chi connectivity index (χ2v) is 4.49. The Morgan fingerprint density at radius 2 is 1.94 bits per heavy atom. The van der Waals surface area contributed by atoms with Crippen molar-refractivity contribution in [1.82, 2.24) is 4.98 Å². The number of benzene rings is 1. The van der Waals surface area contributed by atoms with Crippen molar-refractivity contribution >= 4 is 21.6 Å². The number of hydrogen-bond donors (Lipinski definition) is 0.